The molecular formula is C24H31ClN4O5S2. The molecule has 2 aliphatic rings. The van der Waals surface area contributed by atoms with Crippen LogP contribution in [0.3, 0.4) is 0 Å². The average molecular weight is 555 g/mol. The minimum atomic E-state index is -3.61. The van der Waals surface area contributed by atoms with E-state index in [4.69, 9.17) is 16.3 Å². The number of amides is 2. The molecule has 2 amide bonds. The molecule has 0 atom stereocenters. The molecule has 2 aliphatic heterocycles. The fraction of sp³-hybridized carbons (Fsp3) is 0.542. The summed E-state index contributed by atoms with van der Waals surface area (Å²) in [6.45, 7) is 5.82. The molecule has 1 aromatic carbocycles. The molecular weight excluding hydrogens is 524 g/mol. The lowest BCUT2D eigenvalue weighted by molar-refractivity contribution is 0.0857. The van der Waals surface area contributed by atoms with Crippen LogP contribution in [0.25, 0.3) is 0 Å². The molecule has 2 fully saturated rings. The number of ether oxygens (including phenoxy) is 1. The third-order valence-corrected chi connectivity index (χ3v) is 10.0. The number of thiazole rings is 1. The van der Waals surface area contributed by atoms with Gasteiger partial charge >= 0.3 is 6.09 Å². The molecule has 9 nitrogen and oxygen atoms in total. The molecule has 36 heavy (non-hydrogen) atoms. The number of piperidine rings is 2. The van der Waals surface area contributed by atoms with E-state index in [0.29, 0.717) is 69.2 Å². The van der Waals surface area contributed by atoms with Crippen LogP contribution in [0.15, 0.2) is 28.5 Å². The number of hydrogen-bond acceptors (Lipinski definition) is 7. The van der Waals surface area contributed by atoms with E-state index in [9.17, 15) is 18.0 Å². The summed E-state index contributed by atoms with van der Waals surface area (Å²) in [7, 11) is -3.61. The lowest BCUT2D eigenvalue weighted by Gasteiger charge is -2.31. The highest BCUT2D eigenvalue weighted by atomic mass is 35.5. The minimum Gasteiger partial charge on any atom is -0.450 e. The van der Waals surface area contributed by atoms with Gasteiger partial charge in [0.15, 0.2) is 0 Å². The number of nitrogens with zero attached hydrogens (tertiary/aromatic N) is 3. The average Bonchev–Trinajstić information content (AvgIpc) is 3.37. The van der Waals surface area contributed by atoms with Crippen LogP contribution in [-0.2, 0) is 14.8 Å². The van der Waals surface area contributed by atoms with Gasteiger partial charge in [-0.05, 0) is 57.2 Å². The number of halogens is 1. The number of likely N-dealkylation sites (tertiary alicyclic amines) is 1. The molecule has 0 radical (unpaired) electrons. The Balaban J connectivity index is 1.29. The molecule has 1 aromatic heterocycles. The SMILES string of the molecule is CCOC(=O)N1CCC(NC(=O)c2csc(C3CCN(S(=O)(=O)c4ccc(C)c(Cl)c4)CC3)n2)CC1. The highest BCUT2D eigenvalue weighted by molar-refractivity contribution is 7.89. The monoisotopic (exact) mass is 554 g/mol. The third-order valence-electron chi connectivity index (χ3n) is 6.70. The Bertz CT molecular complexity index is 1200. The Hall–Kier alpha value is -2.21. The van der Waals surface area contributed by atoms with Crippen molar-refractivity contribution in [1.29, 1.82) is 0 Å². The van der Waals surface area contributed by atoms with Crippen molar-refractivity contribution in [3.63, 3.8) is 0 Å². The number of rotatable bonds is 6. The maximum Gasteiger partial charge on any atom is 0.409 e. The summed E-state index contributed by atoms with van der Waals surface area (Å²) in [6.07, 6.45) is 2.30. The minimum absolute atomic E-state index is 0.0166. The Morgan fingerprint density at radius 3 is 2.50 bits per heavy atom. The predicted octanol–water partition coefficient (Wildman–Crippen LogP) is 4.02. The summed E-state index contributed by atoms with van der Waals surface area (Å²) >= 11 is 7.58. The van der Waals surface area contributed by atoms with Crippen molar-refractivity contribution >= 4 is 45.0 Å². The molecule has 196 valence electrons. The largest absolute Gasteiger partial charge is 0.450 e. The summed E-state index contributed by atoms with van der Waals surface area (Å²) in [4.78, 5) is 31.0. The Labute approximate surface area is 220 Å². The third kappa shape index (κ3) is 6.01. The second kappa shape index (κ2) is 11.5. The summed E-state index contributed by atoms with van der Waals surface area (Å²) in [5.41, 5.74) is 1.22. The molecule has 2 aromatic rings. The molecule has 0 bridgehead atoms. The molecule has 3 heterocycles. The number of nitrogens with one attached hydrogen (secondary N) is 1. The zero-order chi connectivity index (χ0) is 25.9. The second-order valence-electron chi connectivity index (χ2n) is 9.09. The van der Waals surface area contributed by atoms with Crippen molar-refractivity contribution < 1.29 is 22.7 Å². The maximum absolute atomic E-state index is 13.0. The van der Waals surface area contributed by atoms with Crippen molar-refractivity contribution in [2.45, 2.75) is 56.4 Å². The van der Waals surface area contributed by atoms with Crippen LogP contribution in [0.2, 0.25) is 5.02 Å². The van der Waals surface area contributed by atoms with Crippen molar-refractivity contribution in [1.82, 2.24) is 19.5 Å². The number of aryl methyl sites for hydroxylation is 1. The van der Waals surface area contributed by atoms with Gasteiger partial charge in [-0.1, -0.05) is 17.7 Å². The second-order valence-corrected chi connectivity index (χ2v) is 12.3. The van der Waals surface area contributed by atoms with E-state index in [1.54, 1.807) is 29.3 Å². The fourth-order valence-corrected chi connectivity index (χ4v) is 7.20. The Morgan fingerprint density at radius 1 is 1.17 bits per heavy atom. The van der Waals surface area contributed by atoms with Gasteiger partial charge in [0.05, 0.1) is 16.5 Å². The fourth-order valence-electron chi connectivity index (χ4n) is 4.49. The van der Waals surface area contributed by atoms with Crippen LogP contribution < -0.4 is 5.32 Å². The van der Waals surface area contributed by atoms with Crippen molar-refractivity contribution in [2.24, 2.45) is 0 Å². The van der Waals surface area contributed by atoms with Crippen LogP contribution in [0, 0.1) is 6.92 Å². The highest BCUT2D eigenvalue weighted by Gasteiger charge is 2.32. The predicted molar refractivity (Wildman–Crippen MR) is 138 cm³/mol. The lowest BCUT2D eigenvalue weighted by Crippen LogP contribution is -2.46. The Kier molecular flexibility index (Phi) is 8.54. The number of carbonyl (C=O) groups is 2. The Morgan fingerprint density at radius 2 is 1.86 bits per heavy atom. The molecule has 0 unspecified atom stereocenters. The van der Waals surface area contributed by atoms with Gasteiger partial charge in [-0.25, -0.2) is 18.2 Å². The molecule has 12 heteroatoms. The standard InChI is InChI=1S/C24H31ClN4O5S2/c1-3-34-24(31)28-10-8-18(9-11-28)26-22(30)21-15-35-23(27-21)17-6-12-29(13-7-17)36(32,33)19-5-4-16(2)20(25)14-19/h4-5,14-15,17-18H,3,6-13H2,1-2H3,(H,26,30). The van der Waals surface area contributed by atoms with E-state index in [1.807, 2.05) is 6.92 Å². The van der Waals surface area contributed by atoms with Gasteiger partial charge in [-0.2, -0.15) is 4.31 Å². The van der Waals surface area contributed by atoms with Crippen LogP contribution in [-0.4, -0.2) is 73.4 Å². The highest BCUT2D eigenvalue weighted by Crippen LogP contribution is 2.33. The van der Waals surface area contributed by atoms with Gasteiger partial charge in [-0.3, -0.25) is 4.79 Å². The summed E-state index contributed by atoms with van der Waals surface area (Å²) in [5, 5.41) is 6.07. The van der Waals surface area contributed by atoms with Gasteiger partial charge in [0.2, 0.25) is 10.0 Å². The first-order valence-electron chi connectivity index (χ1n) is 12.1. The summed E-state index contributed by atoms with van der Waals surface area (Å²) < 4.78 is 32.6. The van der Waals surface area contributed by atoms with Crippen molar-refractivity contribution in [3.8, 4) is 0 Å². The van der Waals surface area contributed by atoms with E-state index >= 15 is 0 Å². The first kappa shape index (κ1) is 26.8. The van der Waals surface area contributed by atoms with E-state index < -0.39 is 10.0 Å². The number of aromatic nitrogens is 1. The van der Waals surface area contributed by atoms with Crippen molar-refractivity contribution in [3.05, 3.63) is 44.9 Å². The molecule has 0 saturated carbocycles. The smallest absolute Gasteiger partial charge is 0.409 e. The maximum atomic E-state index is 13.0. The normalized spacial score (nSPS) is 18.2. The summed E-state index contributed by atoms with van der Waals surface area (Å²) in [6, 6.07) is 4.80. The van der Waals surface area contributed by atoms with E-state index in [2.05, 4.69) is 10.3 Å². The molecule has 2 saturated heterocycles. The topological polar surface area (TPSA) is 109 Å². The lowest BCUT2D eigenvalue weighted by atomic mass is 9.99. The quantitative estimate of drug-likeness (QED) is 0.577. The van der Waals surface area contributed by atoms with E-state index in [-0.39, 0.29) is 28.9 Å². The number of hydrogen-bond donors (Lipinski definition) is 1. The van der Waals surface area contributed by atoms with Crippen molar-refractivity contribution in [2.75, 3.05) is 32.8 Å². The van der Waals surface area contributed by atoms with Gasteiger partial charge in [-0.15, -0.1) is 11.3 Å². The first-order chi connectivity index (χ1) is 17.2. The van der Waals surface area contributed by atoms with Gasteiger partial charge in [0.1, 0.15) is 5.69 Å². The van der Waals surface area contributed by atoms with Crippen LogP contribution >= 0.6 is 22.9 Å². The van der Waals surface area contributed by atoms with Gasteiger partial charge < -0.3 is 15.0 Å². The van der Waals surface area contributed by atoms with Gasteiger partial charge in [0, 0.05) is 48.5 Å². The van der Waals surface area contributed by atoms with E-state index in [0.717, 1.165) is 10.6 Å². The molecule has 0 spiro atoms. The van der Waals surface area contributed by atoms with Crippen LogP contribution in [0.5, 0.6) is 0 Å². The zero-order valence-corrected chi connectivity index (χ0v) is 22.8. The number of sulfonamides is 1. The van der Waals surface area contributed by atoms with E-state index in [1.165, 1.54) is 21.7 Å². The van der Waals surface area contributed by atoms with Crippen LogP contribution in [0.1, 0.15) is 59.6 Å². The number of carbonyl (C=O) groups excluding carboxylic acids is 2. The van der Waals surface area contributed by atoms with Gasteiger partial charge in [0.25, 0.3) is 5.91 Å². The number of benzene rings is 1. The first-order valence-corrected chi connectivity index (χ1v) is 14.8. The van der Waals surface area contributed by atoms with Crippen LogP contribution in [0.4, 0.5) is 4.79 Å². The molecule has 1 N–H and O–H groups in total. The molecule has 4 rings (SSSR count). The summed E-state index contributed by atoms with van der Waals surface area (Å²) in [5.74, 6) is -0.110. The zero-order valence-electron chi connectivity index (χ0n) is 20.4. The molecule has 0 aliphatic carbocycles.